The van der Waals surface area contributed by atoms with Crippen molar-refractivity contribution in [1.82, 2.24) is 9.38 Å². The topological polar surface area (TPSA) is 17.3 Å². The van der Waals surface area contributed by atoms with Crippen molar-refractivity contribution in [2.75, 3.05) is 0 Å². The van der Waals surface area contributed by atoms with Crippen LogP contribution in [-0.4, -0.2) is 9.38 Å². The van der Waals surface area contributed by atoms with Crippen LogP contribution in [0.3, 0.4) is 0 Å². The predicted molar refractivity (Wildman–Crippen MR) is 77.8 cm³/mol. The van der Waals surface area contributed by atoms with Gasteiger partial charge in [0.15, 0.2) is 0 Å². The molecular weight excluding hydrogens is 307 g/mol. The zero-order chi connectivity index (χ0) is 13.6. The van der Waals surface area contributed by atoms with Crippen LogP contribution < -0.4 is 0 Å². The summed E-state index contributed by atoms with van der Waals surface area (Å²) in [7, 11) is 0. The van der Waals surface area contributed by atoms with Crippen molar-refractivity contribution < 1.29 is 4.39 Å². The van der Waals surface area contributed by atoms with Gasteiger partial charge in [0, 0.05) is 15.7 Å². The summed E-state index contributed by atoms with van der Waals surface area (Å²) in [5.74, 6) is -0.237. The molecule has 2 aromatic heterocycles. The Balaban J connectivity index is 2.40. The molecule has 0 N–H and O–H groups in total. The number of hydrogen-bond donors (Lipinski definition) is 0. The van der Waals surface area contributed by atoms with Crippen molar-refractivity contribution in [2.45, 2.75) is 13.8 Å². The van der Waals surface area contributed by atoms with E-state index >= 15 is 0 Å². The second kappa shape index (κ2) is 4.46. The highest BCUT2D eigenvalue weighted by molar-refractivity contribution is 9.10. The molecular formula is C15H12BrFN2. The van der Waals surface area contributed by atoms with E-state index in [9.17, 15) is 4.39 Å². The van der Waals surface area contributed by atoms with E-state index in [0.29, 0.717) is 0 Å². The third-order valence-corrected chi connectivity index (χ3v) is 4.07. The normalized spacial score (nSPS) is 11.2. The Hall–Kier alpha value is -1.68. The van der Waals surface area contributed by atoms with E-state index in [1.807, 2.05) is 36.4 Å². The van der Waals surface area contributed by atoms with Crippen molar-refractivity contribution in [2.24, 2.45) is 0 Å². The predicted octanol–water partition coefficient (Wildman–Crippen LogP) is 4.52. The molecule has 0 bridgehead atoms. The maximum absolute atomic E-state index is 13.4. The van der Waals surface area contributed by atoms with E-state index in [1.165, 1.54) is 12.1 Å². The summed E-state index contributed by atoms with van der Waals surface area (Å²) in [6, 6.07) is 10.5. The van der Waals surface area contributed by atoms with E-state index in [4.69, 9.17) is 0 Å². The highest BCUT2D eigenvalue weighted by atomic mass is 79.9. The highest BCUT2D eigenvalue weighted by Crippen LogP contribution is 2.29. The van der Waals surface area contributed by atoms with Crippen LogP contribution in [0.4, 0.5) is 4.39 Å². The summed E-state index contributed by atoms with van der Waals surface area (Å²) in [4.78, 5) is 4.54. The summed E-state index contributed by atoms with van der Waals surface area (Å²) in [5.41, 5.74) is 4.60. The van der Waals surface area contributed by atoms with Crippen LogP contribution in [-0.2, 0) is 0 Å². The first-order valence-electron chi connectivity index (χ1n) is 5.98. The maximum atomic E-state index is 13.4. The molecule has 19 heavy (non-hydrogen) atoms. The van der Waals surface area contributed by atoms with Gasteiger partial charge in [-0.05, 0) is 54.0 Å². The van der Waals surface area contributed by atoms with Gasteiger partial charge in [-0.25, -0.2) is 9.37 Å². The lowest BCUT2D eigenvalue weighted by molar-refractivity contribution is 0.628. The molecule has 4 heteroatoms. The van der Waals surface area contributed by atoms with Gasteiger partial charge in [0.25, 0.3) is 0 Å². The first-order valence-corrected chi connectivity index (χ1v) is 6.77. The van der Waals surface area contributed by atoms with Crippen LogP contribution >= 0.6 is 15.9 Å². The molecule has 0 atom stereocenters. The molecule has 0 unspecified atom stereocenters. The number of rotatable bonds is 1. The molecule has 0 radical (unpaired) electrons. The number of halogens is 2. The Labute approximate surface area is 119 Å². The molecule has 0 aliphatic heterocycles. The van der Waals surface area contributed by atoms with Crippen molar-refractivity contribution in [3.05, 3.63) is 58.1 Å². The minimum Gasteiger partial charge on any atom is -0.296 e. The number of hydrogen-bond acceptors (Lipinski definition) is 1. The fourth-order valence-electron chi connectivity index (χ4n) is 2.35. The van der Waals surface area contributed by atoms with Gasteiger partial charge >= 0.3 is 0 Å². The first-order chi connectivity index (χ1) is 9.08. The molecule has 3 rings (SSSR count). The minimum absolute atomic E-state index is 0.237. The Morgan fingerprint density at radius 3 is 2.68 bits per heavy atom. The van der Waals surface area contributed by atoms with Crippen molar-refractivity contribution in [3.8, 4) is 11.3 Å². The van der Waals surface area contributed by atoms with E-state index < -0.39 is 0 Å². The van der Waals surface area contributed by atoms with Gasteiger partial charge in [-0.3, -0.25) is 4.40 Å². The second-order valence-corrected chi connectivity index (χ2v) is 5.37. The molecule has 0 saturated carbocycles. The van der Waals surface area contributed by atoms with Crippen LogP contribution in [0.25, 0.3) is 16.9 Å². The van der Waals surface area contributed by atoms with Crippen LogP contribution in [0.1, 0.15) is 11.4 Å². The summed E-state index contributed by atoms with van der Waals surface area (Å²) < 4.78 is 16.5. The van der Waals surface area contributed by atoms with Gasteiger partial charge in [0.05, 0.1) is 11.4 Å². The number of aromatic nitrogens is 2. The lowest BCUT2D eigenvalue weighted by Crippen LogP contribution is -1.95. The molecule has 96 valence electrons. The molecule has 2 heterocycles. The molecule has 0 aliphatic carbocycles. The standard InChI is InChI=1S/C15H12BrFN2/c1-9-15(11-4-3-5-12(17)8-11)19-10(2)13(16)6-7-14(19)18-9/h3-8H,1-2H3. The Morgan fingerprint density at radius 1 is 1.16 bits per heavy atom. The van der Waals surface area contributed by atoms with E-state index in [1.54, 1.807) is 6.07 Å². The SMILES string of the molecule is Cc1nc2ccc(Br)c(C)n2c1-c1cccc(F)c1. The van der Waals surface area contributed by atoms with Crippen molar-refractivity contribution in [3.63, 3.8) is 0 Å². The third kappa shape index (κ3) is 1.96. The maximum Gasteiger partial charge on any atom is 0.137 e. The Morgan fingerprint density at radius 2 is 1.95 bits per heavy atom. The van der Waals surface area contributed by atoms with Crippen LogP contribution in [0.15, 0.2) is 40.9 Å². The molecule has 0 spiro atoms. The molecule has 0 saturated heterocycles. The van der Waals surface area contributed by atoms with E-state index in [2.05, 4.69) is 20.9 Å². The van der Waals surface area contributed by atoms with Gasteiger partial charge in [-0.2, -0.15) is 0 Å². The number of pyridine rings is 1. The van der Waals surface area contributed by atoms with Gasteiger partial charge in [0.1, 0.15) is 11.5 Å². The fourth-order valence-corrected chi connectivity index (χ4v) is 2.66. The molecule has 2 nitrogen and oxygen atoms in total. The lowest BCUT2D eigenvalue weighted by Gasteiger charge is -2.08. The number of benzene rings is 1. The zero-order valence-corrected chi connectivity index (χ0v) is 12.2. The van der Waals surface area contributed by atoms with Crippen molar-refractivity contribution in [1.29, 1.82) is 0 Å². The van der Waals surface area contributed by atoms with Crippen LogP contribution in [0.2, 0.25) is 0 Å². The van der Waals surface area contributed by atoms with E-state index in [0.717, 1.165) is 32.8 Å². The Kier molecular flexibility index (Phi) is 2.90. The quantitative estimate of drug-likeness (QED) is 0.644. The zero-order valence-electron chi connectivity index (χ0n) is 10.6. The molecule has 0 fully saturated rings. The second-order valence-electron chi connectivity index (χ2n) is 4.52. The average molecular weight is 319 g/mol. The number of nitrogens with zero attached hydrogens (tertiary/aromatic N) is 2. The van der Waals surface area contributed by atoms with Gasteiger partial charge < -0.3 is 0 Å². The summed E-state index contributed by atoms with van der Waals surface area (Å²) >= 11 is 3.52. The lowest BCUT2D eigenvalue weighted by atomic mass is 10.1. The summed E-state index contributed by atoms with van der Waals surface area (Å²) in [5, 5.41) is 0. The molecule has 0 amide bonds. The number of fused-ring (bicyclic) bond motifs is 1. The van der Waals surface area contributed by atoms with Gasteiger partial charge in [0.2, 0.25) is 0 Å². The summed E-state index contributed by atoms with van der Waals surface area (Å²) in [6.07, 6.45) is 0. The number of imidazole rings is 1. The summed E-state index contributed by atoms with van der Waals surface area (Å²) in [6.45, 7) is 3.96. The third-order valence-electron chi connectivity index (χ3n) is 3.24. The molecule has 3 aromatic rings. The van der Waals surface area contributed by atoms with Gasteiger partial charge in [-0.1, -0.05) is 12.1 Å². The van der Waals surface area contributed by atoms with Gasteiger partial charge in [-0.15, -0.1) is 0 Å². The Bertz CT molecular complexity index is 777. The first kappa shape index (κ1) is 12.4. The van der Waals surface area contributed by atoms with Crippen molar-refractivity contribution >= 4 is 21.6 Å². The largest absolute Gasteiger partial charge is 0.296 e. The molecule has 0 aliphatic rings. The average Bonchev–Trinajstić information content (AvgIpc) is 2.71. The van der Waals surface area contributed by atoms with Crippen LogP contribution in [0.5, 0.6) is 0 Å². The fraction of sp³-hybridized carbons (Fsp3) is 0.133. The number of aryl methyl sites for hydroxylation is 2. The minimum atomic E-state index is -0.237. The van der Waals surface area contributed by atoms with Crippen LogP contribution in [0, 0.1) is 19.7 Å². The highest BCUT2D eigenvalue weighted by Gasteiger charge is 2.14. The molecule has 1 aromatic carbocycles. The monoisotopic (exact) mass is 318 g/mol. The van der Waals surface area contributed by atoms with E-state index in [-0.39, 0.29) is 5.82 Å². The smallest absolute Gasteiger partial charge is 0.137 e.